The SMILES string of the molecule is Cc1cc(OCC(=O)N(Cc2ccc(Br)cc2)[C@H](Cc2ccccc2)C(=O)NC(C)C)cc(C)c1Cl. The van der Waals surface area contributed by atoms with Crippen molar-refractivity contribution in [3.8, 4) is 5.75 Å². The molecule has 0 aromatic heterocycles. The van der Waals surface area contributed by atoms with Crippen molar-refractivity contribution >= 4 is 39.3 Å². The first-order valence-corrected chi connectivity index (χ1v) is 13.1. The second-order valence-corrected chi connectivity index (χ2v) is 10.5. The molecule has 3 rings (SSSR count). The minimum atomic E-state index is -0.705. The lowest BCUT2D eigenvalue weighted by Gasteiger charge is -2.32. The van der Waals surface area contributed by atoms with Gasteiger partial charge in [0.25, 0.3) is 5.91 Å². The molecular formula is C29H32BrClN2O3. The number of rotatable bonds is 10. The van der Waals surface area contributed by atoms with E-state index in [1.807, 2.05) is 94.4 Å². The maximum Gasteiger partial charge on any atom is 0.261 e. The Bertz CT molecular complexity index is 1160. The summed E-state index contributed by atoms with van der Waals surface area (Å²) >= 11 is 9.74. The van der Waals surface area contributed by atoms with Gasteiger partial charge >= 0.3 is 0 Å². The number of halogens is 2. The maximum absolute atomic E-state index is 13.6. The van der Waals surface area contributed by atoms with E-state index in [9.17, 15) is 9.59 Å². The van der Waals surface area contributed by atoms with Crippen molar-refractivity contribution in [2.45, 2.75) is 52.7 Å². The first kappa shape index (κ1) is 27.8. The van der Waals surface area contributed by atoms with Crippen LogP contribution in [-0.4, -0.2) is 35.4 Å². The summed E-state index contributed by atoms with van der Waals surface area (Å²) in [5.74, 6) is 0.0955. The molecule has 1 atom stereocenters. The molecule has 0 fully saturated rings. The van der Waals surface area contributed by atoms with Crippen LogP contribution in [0.5, 0.6) is 5.75 Å². The lowest BCUT2D eigenvalue weighted by Crippen LogP contribution is -2.52. The highest BCUT2D eigenvalue weighted by atomic mass is 79.9. The van der Waals surface area contributed by atoms with Gasteiger partial charge in [-0.1, -0.05) is 70.0 Å². The van der Waals surface area contributed by atoms with Crippen molar-refractivity contribution in [2.24, 2.45) is 0 Å². The number of ether oxygens (including phenoxy) is 1. The van der Waals surface area contributed by atoms with Crippen LogP contribution in [0, 0.1) is 13.8 Å². The fraction of sp³-hybridized carbons (Fsp3) is 0.310. The fourth-order valence-electron chi connectivity index (χ4n) is 3.94. The van der Waals surface area contributed by atoms with Gasteiger partial charge in [0.1, 0.15) is 11.8 Å². The molecular weight excluding hydrogens is 540 g/mol. The van der Waals surface area contributed by atoms with Crippen LogP contribution in [0.2, 0.25) is 5.02 Å². The zero-order chi connectivity index (χ0) is 26.2. The van der Waals surface area contributed by atoms with Crippen molar-refractivity contribution in [1.82, 2.24) is 10.2 Å². The lowest BCUT2D eigenvalue weighted by atomic mass is 10.0. The summed E-state index contributed by atoms with van der Waals surface area (Å²) in [4.78, 5) is 28.6. The molecule has 0 saturated carbocycles. The predicted octanol–water partition coefficient (Wildman–Crippen LogP) is 6.26. The van der Waals surface area contributed by atoms with E-state index in [1.54, 1.807) is 4.90 Å². The molecule has 36 heavy (non-hydrogen) atoms. The minimum Gasteiger partial charge on any atom is -0.484 e. The Balaban J connectivity index is 1.91. The van der Waals surface area contributed by atoms with Gasteiger partial charge in [-0.15, -0.1) is 0 Å². The van der Waals surface area contributed by atoms with Gasteiger partial charge < -0.3 is 15.0 Å². The first-order valence-electron chi connectivity index (χ1n) is 11.9. The zero-order valence-electron chi connectivity index (χ0n) is 21.1. The summed E-state index contributed by atoms with van der Waals surface area (Å²) in [7, 11) is 0. The predicted molar refractivity (Wildman–Crippen MR) is 148 cm³/mol. The number of benzene rings is 3. The average Bonchev–Trinajstić information content (AvgIpc) is 2.84. The molecule has 7 heteroatoms. The van der Waals surface area contributed by atoms with Crippen molar-refractivity contribution in [3.05, 3.63) is 98.5 Å². The number of nitrogens with one attached hydrogen (secondary N) is 1. The van der Waals surface area contributed by atoms with E-state index in [0.29, 0.717) is 17.2 Å². The van der Waals surface area contributed by atoms with Crippen molar-refractivity contribution in [3.63, 3.8) is 0 Å². The van der Waals surface area contributed by atoms with E-state index in [2.05, 4.69) is 21.2 Å². The smallest absolute Gasteiger partial charge is 0.261 e. The number of nitrogens with zero attached hydrogens (tertiary/aromatic N) is 1. The lowest BCUT2D eigenvalue weighted by molar-refractivity contribution is -0.143. The normalized spacial score (nSPS) is 11.8. The Labute approximate surface area is 226 Å². The number of amides is 2. The van der Waals surface area contributed by atoms with Gasteiger partial charge in [0.2, 0.25) is 5.91 Å². The van der Waals surface area contributed by atoms with E-state index >= 15 is 0 Å². The Morgan fingerprint density at radius 3 is 2.17 bits per heavy atom. The van der Waals surface area contributed by atoms with Crippen LogP contribution >= 0.6 is 27.5 Å². The van der Waals surface area contributed by atoms with Crippen LogP contribution < -0.4 is 10.1 Å². The summed E-state index contributed by atoms with van der Waals surface area (Å²) in [5, 5.41) is 3.67. The van der Waals surface area contributed by atoms with Gasteiger partial charge in [-0.05, 0) is 74.2 Å². The summed E-state index contributed by atoms with van der Waals surface area (Å²) in [5.41, 5.74) is 3.65. The standard InChI is InChI=1S/C29H32BrClN2O3/c1-19(2)32-29(35)26(16-22-8-6-5-7-9-22)33(17-23-10-12-24(30)13-11-23)27(34)18-36-25-14-20(3)28(31)21(4)15-25/h5-15,19,26H,16-18H2,1-4H3,(H,32,35)/t26-/m1/s1. The Morgan fingerprint density at radius 2 is 1.58 bits per heavy atom. The van der Waals surface area contributed by atoms with Crippen molar-refractivity contribution in [2.75, 3.05) is 6.61 Å². The molecule has 0 unspecified atom stereocenters. The van der Waals surface area contributed by atoms with Gasteiger partial charge in [0, 0.05) is 28.5 Å². The van der Waals surface area contributed by atoms with Crippen molar-refractivity contribution < 1.29 is 14.3 Å². The quantitative estimate of drug-likeness (QED) is 0.312. The minimum absolute atomic E-state index is 0.0586. The van der Waals surface area contributed by atoms with E-state index in [1.165, 1.54) is 0 Å². The largest absolute Gasteiger partial charge is 0.484 e. The van der Waals surface area contributed by atoms with Crippen LogP contribution in [0.4, 0.5) is 0 Å². The third-order valence-corrected chi connectivity index (χ3v) is 6.87. The number of carbonyl (C=O) groups is 2. The van der Waals surface area contributed by atoms with Gasteiger partial charge in [-0.3, -0.25) is 9.59 Å². The molecule has 3 aromatic carbocycles. The molecule has 0 heterocycles. The van der Waals surface area contributed by atoms with E-state index in [4.69, 9.17) is 16.3 Å². The highest BCUT2D eigenvalue weighted by molar-refractivity contribution is 9.10. The van der Waals surface area contributed by atoms with Crippen LogP contribution in [0.25, 0.3) is 0 Å². The molecule has 0 aliphatic rings. The van der Waals surface area contributed by atoms with E-state index < -0.39 is 6.04 Å². The van der Waals surface area contributed by atoms with Gasteiger partial charge in [0.05, 0.1) is 0 Å². The summed E-state index contributed by atoms with van der Waals surface area (Å²) in [6, 6.07) is 20.3. The van der Waals surface area contributed by atoms with Crippen LogP contribution in [0.1, 0.15) is 36.1 Å². The van der Waals surface area contributed by atoms with E-state index in [-0.39, 0.29) is 31.0 Å². The highest BCUT2D eigenvalue weighted by Crippen LogP contribution is 2.26. The second kappa shape index (κ2) is 12.9. The molecule has 1 N–H and O–H groups in total. The molecule has 0 aliphatic heterocycles. The number of hydrogen-bond donors (Lipinski definition) is 1. The van der Waals surface area contributed by atoms with Crippen molar-refractivity contribution in [1.29, 1.82) is 0 Å². The molecule has 0 saturated heterocycles. The second-order valence-electron chi connectivity index (χ2n) is 9.18. The number of carbonyl (C=O) groups excluding carboxylic acids is 2. The van der Waals surface area contributed by atoms with Crippen LogP contribution in [0.3, 0.4) is 0 Å². The maximum atomic E-state index is 13.6. The monoisotopic (exact) mass is 570 g/mol. The summed E-state index contributed by atoms with van der Waals surface area (Å²) in [6.07, 6.45) is 0.390. The van der Waals surface area contributed by atoms with Gasteiger partial charge in [-0.2, -0.15) is 0 Å². The summed E-state index contributed by atoms with van der Waals surface area (Å²) < 4.78 is 6.84. The number of aryl methyl sites for hydroxylation is 2. The third-order valence-electron chi connectivity index (χ3n) is 5.74. The van der Waals surface area contributed by atoms with E-state index in [0.717, 1.165) is 26.7 Å². The zero-order valence-corrected chi connectivity index (χ0v) is 23.4. The topological polar surface area (TPSA) is 58.6 Å². The first-order chi connectivity index (χ1) is 17.1. The molecule has 0 aliphatic carbocycles. The molecule has 0 spiro atoms. The van der Waals surface area contributed by atoms with Gasteiger partial charge in [0.15, 0.2) is 6.61 Å². The molecule has 190 valence electrons. The third kappa shape index (κ3) is 7.84. The molecule has 2 amide bonds. The Kier molecular flexibility index (Phi) is 9.97. The molecule has 0 radical (unpaired) electrons. The Hall–Kier alpha value is -2.83. The molecule has 3 aromatic rings. The summed E-state index contributed by atoms with van der Waals surface area (Å²) in [6.45, 7) is 7.69. The highest BCUT2D eigenvalue weighted by Gasteiger charge is 2.31. The van der Waals surface area contributed by atoms with Gasteiger partial charge in [-0.25, -0.2) is 0 Å². The van der Waals surface area contributed by atoms with Crippen LogP contribution in [-0.2, 0) is 22.6 Å². The van der Waals surface area contributed by atoms with Crippen LogP contribution in [0.15, 0.2) is 71.2 Å². The fourth-order valence-corrected chi connectivity index (χ4v) is 4.31. The Morgan fingerprint density at radius 1 is 0.972 bits per heavy atom. The average molecular weight is 572 g/mol. The number of hydrogen-bond acceptors (Lipinski definition) is 3. The molecule has 5 nitrogen and oxygen atoms in total. The molecule has 0 bridgehead atoms.